The van der Waals surface area contributed by atoms with Crippen LogP contribution < -0.4 is 0 Å². The van der Waals surface area contributed by atoms with Gasteiger partial charge in [0.25, 0.3) is 0 Å². The fourth-order valence-electron chi connectivity index (χ4n) is 0.992. The molecule has 4 heteroatoms. The Kier molecular flexibility index (Phi) is 74.1. The third-order valence-corrected chi connectivity index (χ3v) is 1.90. The van der Waals surface area contributed by atoms with Crippen LogP contribution in [0.1, 0.15) is 48.5 Å². The molecule has 0 N–H and O–H groups in total. The Morgan fingerprint density at radius 1 is 0.609 bits per heavy atom. The van der Waals surface area contributed by atoms with E-state index >= 15 is 0 Å². The van der Waals surface area contributed by atoms with Crippen LogP contribution in [0.4, 0.5) is 0 Å². The third-order valence-electron chi connectivity index (χ3n) is 1.90. The van der Waals surface area contributed by atoms with Crippen LogP contribution >= 0.6 is 0 Å². The summed E-state index contributed by atoms with van der Waals surface area (Å²) in [4.78, 5) is 0. The summed E-state index contributed by atoms with van der Waals surface area (Å²) in [6, 6.07) is 10.0. The molecule has 0 fully saturated rings. The first-order valence-corrected chi connectivity index (χ1v) is 8.51. The van der Waals surface area contributed by atoms with Crippen LogP contribution in [0.5, 0.6) is 0 Å². The van der Waals surface area contributed by atoms with E-state index in [1.807, 2.05) is 71.9 Å². The molecule has 1 aromatic carbocycles. The van der Waals surface area contributed by atoms with Crippen molar-refractivity contribution in [2.75, 3.05) is 39.3 Å². The van der Waals surface area contributed by atoms with Crippen molar-refractivity contribution in [1.82, 2.24) is 0 Å². The maximum atomic E-state index is 3.97. The molecule has 0 aliphatic heterocycles. The van der Waals surface area contributed by atoms with E-state index in [2.05, 4.69) is 22.9 Å². The van der Waals surface area contributed by atoms with Crippen molar-refractivity contribution in [1.29, 1.82) is 0 Å². The first-order chi connectivity index (χ1) is 10.7. The van der Waals surface area contributed by atoms with Crippen LogP contribution in [-0.2, 0) is 25.8 Å². The molecule has 0 aromatic heterocycles. The van der Waals surface area contributed by atoms with Gasteiger partial charge in [-0.2, -0.15) is 64.4 Å². The molecule has 1 rings (SSSR count). The van der Waals surface area contributed by atoms with Gasteiger partial charge in [-0.25, -0.2) is 12.1 Å². The Hall–Kier alpha value is 0.100. The van der Waals surface area contributed by atoms with E-state index in [0.29, 0.717) is 0 Å². The molecule has 23 heavy (non-hydrogen) atoms. The summed E-state index contributed by atoms with van der Waals surface area (Å²) in [5.41, 5.74) is 0. The van der Waals surface area contributed by atoms with Crippen molar-refractivity contribution < 1.29 is 25.8 Å². The van der Waals surface area contributed by atoms with Gasteiger partial charge in [-0.15, -0.1) is 0 Å². The summed E-state index contributed by atoms with van der Waals surface area (Å²) in [5, 5.41) is 11.9. The van der Waals surface area contributed by atoms with Crippen molar-refractivity contribution >= 4 is 0 Å². The number of rotatable bonds is 6. The van der Waals surface area contributed by atoms with Crippen molar-refractivity contribution in [3.63, 3.8) is 0 Å². The van der Waals surface area contributed by atoms with Crippen LogP contribution in [0.2, 0.25) is 0 Å². The second-order valence-electron chi connectivity index (χ2n) is 3.53. The monoisotopic (exact) mass is 490 g/mol. The zero-order valence-electron chi connectivity index (χ0n) is 16.7. The Morgan fingerprint density at radius 3 is 0.870 bits per heavy atom. The predicted octanol–water partition coefficient (Wildman–Crippen LogP) is 6.44. The molecule has 0 heterocycles. The first-order valence-electron chi connectivity index (χ1n) is 8.51. The smallest absolute Gasteiger partial charge is 0 e. The van der Waals surface area contributed by atoms with Gasteiger partial charge in [0.05, 0.1) is 0 Å². The quantitative estimate of drug-likeness (QED) is 0.326. The predicted molar refractivity (Wildman–Crippen MR) is 106 cm³/mol. The standard InChI is InChI=1S/C5H5.3C4H10N.C2H5.Hf/c1-2-4-5-3-1;3*1-3-5-4-2;1-2;/h1-5H;3*3-4H2,1-2H3;1H2,2H3;/q5*-1;. The van der Waals surface area contributed by atoms with Gasteiger partial charge in [-0.3, -0.25) is 0 Å². The molecule has 0 atom stereocenters. The minimum Gasteiger partial charge on any atom is -0.663 e. The topological polar surface area (TPSA) is 42.3 Å². The molecule has 3 nitrogen and oxygen atoms in total. The normalized spacial score (nSPS) is 7.48. The van der Waals surface area contributed by atoms with Gasteiger partial charge in [-0.05, 0) is 0 Å². The zero-order valence-corrected chi connectivity index (χ0v) is 20.3. The summed E-state index contributed by atoms with van der Waals surface area (Å²) >= 11 is 0. The average Bonchev–Trinajstić information content (AvgIpc) is 3.13. The molecular weight excluding hydrogens is 449 g/mol. The molecule has 0 unspecified atom stereocenters. The van der Waals surface area contributed by atoms with E-state index in [1.54, 1.807) is 6.92 Å². The summed E-state index contributed by atoms with van der Waals surface area (Å²) in [7, 11) is 0. The molecule has 0 spiro atoms. The largest absolute Gasteiger partial charge is 0.663 e. The summed E-state index contributed by atoms with van der Waals surface area (Å²) in [5.74, 6) is 0. The van der Waals surface area contributed by atoms with Crippen LogP contribution in [0.25, 0.3) is 16.0 Å². The Balaban J connectivity index is -0.0000000595. The summed E-state index contributed by atoms with van der Waals surface area (Å²) < 4.78 is 0. The van der Waals surface area contributed by atoms with E-state index in [1.165, 1.54) is 0 Å². The SMILES string of the molecule is CC[N-]CC.CC[N-]CC.CC[N-]CC.[CH2-]C.[Hf].c1cc[cH-]c1. The summed E-state index contributed by atoms with van der Waals surface area (Å²) in [6.45, 7) is 23.1. The molecule has 0 aliphatic carbocycles. The molecule has 0 bridgehead atoms. The molecular formula is C19H40HfN3-5. The fraction of sp³-hybridized carbons (Fsp3) is 0.684. The van der Waals surface area contributed by atoms with Gasteiger partial charge in [0.2, 0.25) is 0 Å². The maximum absolute atomic E-state index is 3.97. The first kappa shape index (κ1) is 34.4. The van der Waals surface area contributed by atoms with Crippen molar-refractivity contribution in [3.05, 3.63) is 53.2 Å². The van der Waals surface area contributed by atoms with E-state index in [9.17, 15) is 0 Å². The average molecular weight is 489 g/mol. The third kappa shape index (κ3) is 72.5. The van der Waals surface area contributed by atoms with Gasteiger partial charge in [0.1, 0.15) is 0 Å². The van der Waals surface area contributed by atoms with Crippen LogP contribution in [0.15, 0.2) is 30.3 Å². The summed E-state index contributed by atoms with van der Waals surface area (Å²) in [6.07, 6.45) is 0. The van der Waals surface area contributed by atoms with E-state index < -0.39 is 0 Å². The maximum Gasteiger partial charge on any atom is 0 e. The van der Waals surface area contributed by atoms with E-state index in [4.69, 9.17) is 0 Å². The van der Waals surface area contributed by atoms with Crippen LogP contribution in [-0.4, -0.2) is 39.3 Å². The molecule has 0 saturated carbocycles. The molecule has 0 amide bonds. The Labute approximate surface area is 166 Å². The van der Waals surface area contributed by atoms with Crippen molar-refractivity contribution in [2.24, 2.45) is 0 Å². The Bertz CT molecular complexity index is 155. The van der Waals surface area contributed by atoms with Crippen LogP contribution in [0.3, 0.4) is 0 Å². The van der Waals surface area contributed by atoms with Gasteiger partial charge in [0.15, 0.2) is 0 Å². The molecule has 140 valence electrons. The van der Waals surface area contributed by atoms with Gasteiger partial charge in [-0.1, -0.05) is 41.5 Å². The number of hydrogen-bond acceptors (Lipinski definition) is 0. The molecule has 1 aromatic rings. The van der Waals surface area contributed by atoms with Gasteiger partial charge in [0, 0.05) is 25.8 Å². The van der Waals surface area contributed by atoms with Gasteiger partial charge >= 0.3 is 0 Å². The second kappa shape index (κ2) is 49.5. The molecule has 0 radical (unpaired) electrons. The zero-order chi connectivity index (χ0) is 17.9. The van der Waals surface area contributed by atoms with Crippen molar-refractivity contribution in [2.45, 2.75) is 48.5 Å². The van der Waals surface area contributed by atoms with E-state index in [-0.39, 0.29) is 25.8 Å². The van der Waals surface area contributed by atoms with Crippen molar-refractivity contribution in [3.8, 4) is 0 Å². The molecule has 0 saturated heterocycles. The molecule has 0 aliphatic rings. The second-order valence-corrected chi connectivity index (χ2v) is 3.53. The minimum atomic E-state index is 0. The van der Waals surface area contributed by atoms with E-state index in [0.717, 1.165) is 39.3 Å². The Morgan fingerprint density at radius 2 is 0.826 bits per heavy atom. The fourth-order valence-corrected chi connectivity index (χ4v) is 0.992. The minimum absolute atomic E-state index is 0. The number of nitrogens with zero attached hydrogens (tertiary/aromatic N) is 3. The number of hydrogen-bond donors (Lipinski definition) is 0. The van der Waals surface area contributed by atoms with Crippen LogP contribution in [0, 0.1) is 6.92 Å². The van der Waals surface area contributed by atoms with Gasteiger partial charge < -0.3 is 22.9 Å².